The van der Waals surface area contributed by atoms with Crippen molar-refractivity contribution in [2.75, 3.05) is 53.0 Å². The first kappa shape index (κ1) is 9.73. The van der Waals surface area contributed by atoms with Crippen LogP contribution in [0.3, 0.4) is 0 Å². The van der Waals surface area contributed by atoms with Crippen molar-refractivity contribution in [1.82, 2.24) is 14.7 Å². The largest absolute Gasteiger partial charge is 0.447 e. The molecule has 0 aliphatic carbocycles. The monoisotopic (exact) mass is 199 g/mol. The molecule has 0 unspecified atom stereocenters. The minimum Gasteiger partial charge on any atom is -0.447 e. The van der Waals surface area contributed by atoms with Crippen LogP contribution in [0.1, 0.15) is 0 Å². The van der Waals surface area contributed by atoms with E-state index in [1.807, 2.05) is 0 Å². The summed E-state index contributed by atoms with van der Waals surface area (Å²) in [5, 5.41) is 0. The van der Waals surface area contributed by atoms with Crippen LogP contribution in [0, 0.1) is 0 Å². The lowest BCUT2D eigenvalue weighted by molar-refractivity contribution is 0.0967. The van der Waals surface area contributed by atoms with E-state index < -0.39 is 0 Å². The fraction of sp³-hybridized carbons (Fsp3) is 0.889. The first-order chi connectivity index (χ1) is 6.75. The molecule has 2 fully saturated rings. The van der Waals surface area contributed by atoms with Crippen molar-refractivity contribution in [2.45, 2.75) is 0 Å². The second kappa shape index (κ2) is 4.14. The summed E-state index contributed by atoms with van der Waals surface area (Å²) < 4.78 is 4.88. The first-order valence-corrected chi connectivity index (χ1v) is 5.08. The number of hydrogen-bond acceptors (Lipinski definition) is 4. The van der Waals surface area contributed by atoms with Gasteiger partial charge in [-0.2, -0.15) is 0 Å². The zero-order chi connectivity index (χ0) is 9.97. The molecule has 14 heavy (non-hydrogen) atoms. The van der Waals surface area contributed by atoms with Gasteiger partial charge in [-0.3, -0.25) is 9.80 Å². The molecule has 0 aromatic heterocycles. The smallest absolute Gasteiger partial charge is 0.410 e. The quantitative estimate of drug-likeness (QED) is 0.608. The normalized spacial score (nSPS) is 25.5. The van der Waals surface area contributed by atoms with Crippen LogP contribution in [-0.4, -0.2) is 73.8 Å². The van der Waals surface area contributed by atoms with Gasteiger partial charge in [0.2, 0.25) is 0 Å². The molecule has 0 N–H and O–H groups in total. The number of hydrogen-bond donors (Lipinski definition) is 0. The van der Waals surface area contributed by atoms with Crippen LogP contribution in [-0.2, 0) is 4.74 Å². The summed E-state index contributed by atoms with van der Waals surface area (Å²) in [4.78, 5) is 17.6. The lowest BCUT2D eigenvalue weighted by Crippen LogP contribution is -2.48. The van der Waals surface area contributed by atoms with Crippen molar-refractivity contribution in [3.05, 3.63) is 0 Å². The highest BCUT2D eigenvalue weighted by Gasteiger charge is 2.25. The molecule has 80 valence electrons. The predicted octanol–water partition coefficient (Wildman–Crippen LogP) is -0.356. The highest BCUT2D eigenvalue weighted by molar-refractivity contribution is 5.69. The Morgan fingerprint density at radius 1 is 1.21 bits per heavy atom. The van der Waals surface area contributed by atoms with E-state index in [1.165, 1.54) is 0 Å². The van der Waals surface area contributed by atoms with Gasteiger partial charge in [0.05, 0.1) is 13.2 Å². The Labute approximate surface area is 84.2 Å². The third-order valence-corrected chi connectivity index (χ3v) is 2.81. The molecule has 0 saturated carbocycles. The fourth-order valence-corrected chi connectivity index (χ4v) is 1.78. The minimum atomic E-state index is -0.163. The third-order valence-electron chi connectivity index (χ3n) is 2.81. The number of cyclic esters (lactones) is 1. The van der Waals surface area contributed by atoms with E-state index in [9.17, 15) is 4.79 Å². The number of nitrogens with zero attached hydrogens (tertiary/aromatic N) is 3. The number of likely N-dealkylation sites (N-methyl/N-ethyl adjacent to an activating group) is 1. The lowest BCUT2D eigenvalue weighted by atomic mass is 10.3. The van der Waals surface area contributed by atoms with E-state index in [0.29, 0.717) is 6.61 Å². The molecule has 0 bridgehead atoms. The average Bonchev–Trinajstić information content (AvgIpc) is 2.56. The van der Waals surface area contributed by atoms with Crippen LogP contribution in [0.5, 0.6) is 0 Å². The highest BCUT2D eigenvalue weighted by Crippen LogP contribution is 2.06. The van der Waals surface area contributed by atoms with Crippen molar-refractivity contribution in [2.24, 2.45) is 0 Å². The molecular formula is C9H17N3O2. The predicted molar refractivity (Wildman–Crippen MR) is 52.0 cm³/mol. The average molecular weight is 199 g/mol. The van der Waals surface area contributed by atoms with E-state index >= 15 is 0 Å². The van der Waals surface area contributed by atoms with Gasteiger partial charge in [-0.05, 0) is 7.05 Å². The Morgan fingerprint density at radius 2 is 1.93 bits per heavy atom. The minimum absolute atomic E-state index is 0.163. The maximum atomic E-state index is 11.2. The van der Waals surface area contributed by atoms with Crippen molar-refractivity contribution >= 4 is 6.09 Å². The van der Waals surface area contributed by atoms with E-state index in [0.717, 1.165) is 39.4 Å². The molecule has 0 spiro atoms. The summed E-state index contributed by atoms with van der Waals surface area (Å²) in [7, 11) is 2.13. The summed E-state index contributed by atoms with van der Waals surface area (Å²) in [6.45, 7) is 6.27. The topological polar surface area (TPSA) is 36.0 Å². The maximum absolute atomic E-state index is 11.2. The SMILES string of the molecule is CN1CCN(CN2CCOC2=O)CC1. The zero-order valence-corrected chi connectivity index (χ0v) is 8.61. The van der Waals surface area contributed by atoms with Crippen molar-refractivity contribution < 1.29 is 9.53 Å². The Kier molecular flexibility index (Phi) is 2.88. The van der Waals surface area contributed by atoms with Gasteiger partial charge < -0.3 is 9.64 Å². The van der Waals surface area contributed by atoms with Gasteiger partial charge in [-0.25, -0.2) is 4.79 Å². The van der Waals surface area contributed by atoms with Gasteiger partial charge in [0.1, 0.15) is 6.61 Å². The number of carbonyl (C=O) groups is 1. The third kappa shape index (κ3) is 2.16. The van der Waals surface area contributed by atoms with Crippen LogP contribution in [0.2, 0.25) is 0 Å². The van der Waals surface area contributed by atoms with Gasteiger partial charge in [0.15, 0.2) is 0 Å². The summed E-state index contributed by atoms with van der Waals surface area (Å²) in [5.41, 5.74) is 0. The Balaban J connectivity index is 1.77. The van der Waals surface area contributed by atoms with E-state index in [-0.39, 0.29) is 6.09 Å². The maximum Gasteiger partial charge on any atom is 0.410 e. The van der Waals surface area contributed by atoms with Crippen LogP contribution < -0.4 is 0 Å². The van der Waals surface area contributed by atoms with Gasteiger partial charge in [0, 0.05) is 26.2 Å². The summed E-state index contributed by atoms with van der Waals surface area (Å²) in [6, 6.07) is 0. The van der Waals surface area contributed by atoms with Gasteiger partial charge in [0.25, 0.3) is 0 Å². The van der Waals surface area contributed by atoms with E-state index in [1.54, 1.807) is 4.90 Å². The molecule has 5 heteroatoms. The molecule has 2 rings (SSSR count). The zero-order valence-electron chi connectivity index (χ0n) is 8.61. The molecule has 0 atom stereocenters. The standard InChI is InChI=1S/C9H17N3O2/c1-10-2-4-11(5-3-10)8-12-6-7-14-9(12)13/h2-8H2,1H3. The molecule has 2 saturated heterocycles. The molecular weight excluding hydrogens is 182 g/mol. The molecule has 1 amide bonds. The first-order valence-electron chi connectivity index (χ1n) is 5.08. The fourth-order valence-electron chi connectivity index (χ4n) is 1.78. The Bertz CT molecular complexity index is 214. The van der Waals surface area contributed by atoms with Gasteiger partial charge >= 0.3 is 6.09 Å². The number of amides is 1. The van der Waals surface area contributed by atoms with E-state index in [4.69, 9.17) is 4.74 Å². The van der Waals surface area contributed by atoms with Crippen molar-refractivity contribution in [3.63, 3.8) is 0 Å². The second-order valence-corrected chi connectivity index (χ2v) is 3.94. The molecule has 2 aliphatic heterocycles. The van der Waals surface area contributed by atoms with Crippen molar-refractivity contribution in [1.29, 1.82) is 0 Å². The number of piperazine rings is 1. The number of rotatable bonds is 2. The van der Waals surface area contributed by atoms with Crippen molar-refractivity contribution in [3.8, 4) is 0 Å². The van der Waals surface area contributed by atoms with Crippen LogP contribution >= 0.6 is 0 Å². The van der Waals surface area contributed by atoms with Crippen LogP contribution in [0.4, 0.5) is 4.79 Å². The Hall–Kier alpha value is -0.810. The summed E-state index contributed by atoms with van der Waals surface area (Å²) in [6.07, 6.45) is -0.163. The summed E-state index contributed by atoms with van der Waals surface area (Å²) >= 11 is 0. The molecule has 0 aromatic carbocycles. The molecule has 2 aliphatic rings. The van der Waals surface area contributed by atoms with Crippen LogP contribution in [0.25, 0.3) is 0 Å². The summed E-state index contributed by atoms with van der Waals surface area (Å²) in [5.74, 6) is 0. The molecule has 5 nitrogen and oxygen atoms in total. The molecule has 0 aromatic rings. The van der Waals surface area contributed by atoms with Crippen LogP contribution in [0.15, 0.2) is 0 Å². The van der Waals surface area contributed by atoms with Gasteiger partial charge in [-0.1, -0.05) is 0 Å². The second-order valence-electron chi connectivity index (χ2n) is 3.94. The number of carbonyl (C=O) groups excluding carboxylic acids is 1. The number of ether oxygens (including phenoxy) is 1. The van der Waals surface area contributed by atoms with E-state index in [2.05, 4.69) is 16.8 Å². The van der Waals surface area contributed by atoms with Gasteiger partial charge in [-0.15, -0.1) is 0 Å². The molecule has 0 radical (unpaired) electrons. The molecule has 2 heterocycles. The highest BCUT2D eigenvalue weighted by atomic mass is 16.6. The lowest BCUT2D eigenvalue weighted by Gasteiger charge is -2.34. The Morgan fingerprint density at radius 3 is 2.50 bits per heavy atom.